The van der Waals surface area contributed by atoms with Gasteiger partial charge in [-0.3, -0.25) is 0 Å². The number of aliphatic hydroxyl groups excluding tert-OH is 2. The third-order valence-corrected chi connectivity index (χ3v) is 1.70. The van der Waals surface area contributed by atoms with E-state index in [9.17, 15) is 0 Å². The molecule has 0 fully saturated rings. The Kier molecular flexibility index (Phi) is 9.96. The molecule has 0 aromatic rings. The maximum absolute atomic E-state index is 8.38. The van der Waals surface area contributed by atoms with Crippen molar-refractivity contribution in [3.8, 4) is 0 Å². The van der Waals surface area contributed by atoms with Crippen LogP contribution in [-0.4, -0.2) is 56.3 Å². The van der Waals surface area contributed by atoms with Crippen molar-refractivity contribution in [2.75, 3.05) is 27.4 Å². The van der Waals surface area contributed by atoms with Crippen LogP contribution in [-0.2, 0) is 8.85 Å². The van der Waals surface area contributed by atoms with Gasteiger partial charge in [-0.25, -0.2) is 0 Å². The van der Waals surface area contributed by atoms with Crippen LogP contribution in [0.4, 0.5) is 0 Å². The fraction of sp³-hybridized carbons (Fsp3) is 1.00. The van der Waals surface area contributed by atoms with Crippen molar-refractivity contribution in [1.29, 1.82) is 0 Å². The predicted octanol–water partition coefficient (Wildman–Crippen LogP) is -2.33. The Balaban J connectivity index is 0. The Morgan fingerprint density at radius 3 is 1.27 bits per heavy atom. The van der Waals surface area contributed by atoms with E-state index in [2.05, 4.69) is 8.85 Å². The number of hydrogen-bond donors (Lipinski definition) is 4. The highest BCUT2D eigenvalue weighted by molar-refractivity contribution is 6.50. The fourth-order valence-corrected chi connectivity index (χ4v) is 0.250. The summed E-state index contributed by atoms with van der Waals surface area (Å²) in [5.41, 5.74) is 0. The van der Waals surface area contributed by atoms with Crippen molar-refractivity contribution < 1.29 is 28.7 Å². The lowest BCUT2D eigenvalue weighted by molar-refractivity contribution is 0.0634. The van der Waals surface area contributed by atoms with Gasteiger partial charge in [0.25, 0.3) is 0 Å². The van der Waals surface area contributed by atoms with E-state index in [0.29, 0.717) is 0 Å². The zero-order chi connectivity index (χ0) is 9.33. The summed E-state index contributed by atoms with van der Waals surface area (Å²) in [5.74, 6) is 0. The molecule has 11 heavy (non-hydrogen) atoms. The van der Waals surface area contributed by atoms with Gasteiger partial charge in [0.2, 0.25) is 0 Å². The number of hydrogen-bond acceptors (Lipinski definition) is 6. The van der Waals surface area contributed by atoms with E-state index in [-0.39, 0.29) is 13.2 Å². The Morgan fingerprint density at radius 1 is 1.00 bits per heavy atom. The molecule has 0 saturated heterocycles. The van der Waals surface area contributed by atoms with Gasteiger partial charge >= 0.3 is 9.05 Å². The summed E-state index contributed by atoms with van der Waals surface area (Å²) in [6, 6.07) is 0. The van der Waals surface area contributed by atoms with E-state index < -0.39 is 9.05 Å². The molecule has 0 atom stereocenters. The molecular weight excluding hydrogens is 172 g/mol. The van der Waals surface area contributed by atoms with Crippen LogP contribution < -0.4 is 0 Å². The highest BCUT2D eigenvalue weighted by atomic mass is 28.4. The molecular formula is C4H14O6Si. The maximum atomic E-state index is 8.38. The molecule has 70 valence electrons. The van der Waals surface area contributed by atoms with E-state index in [1.807, 2.05) is 0 Å². The molecule has 7 heteroatoms. The Labute approximate surface area is 66.1 Å². The summed E-state index contributed by atoms with van der Waals surface area (Å²) >= 11 is 0. The predicted molar refractivity (Wildman–Crippen MR) is 38.4 cm³/mol. The van der Waals surface area contributed by atoms with E-state index in [1.54, 1.807) is 0 Å². The van der Waals surface area contributed by atoms with Crippen LogP contribution in [0, 0.1) is 0 Å². The van der Waals surface area contributed by atoms with Crippen LogP contribution in [0.5, 0.6) is 0 Å². The average molecular weight is 186 g/mol. The van der Waals surface area contributed by atoms with Crippen molar-refractivity contribution in [3.05, 3.63) is 0 Å². The van der Waals surface area contributed by atoms with E-state index in [0.717, 1.165) is 0 Å². The first-order valence-corrected chi connectivity index (χ1v) is 4.52. The summed E-state index contributed by atoms with van der Waals surface area (Å²) < 4.78 is 8.23. The zero-order valence-corrected chi connectivity index (χ0v) is 7.52. The van der Waals surface area contributed by atoms with E-state index >= 15 is 0 Å². The molecule has 0 aromatic heterocycles. The Hall–Kier alpha value is -0.0231. The minimum absolute atomic E-state index is 0.125. The highest BCUT2D eigenvalue weighted by Gasteiger charge is 2.32. The molecule has 0 aliphatic heterocycles. The first-order chi connectivity index (χ1) is 5.04. The molecule has 0 amide bonds. The molecule has 0 rings (SSSR count). The molecule has 0 spiro atoms. The SMILES string of the molecule is CO[Si](O)(O)OC.OCCO. The van der Waals surface area contributed by atoms with Gasteiger partial charge in [-0.05, 0) is 0 Å². The second-order valence-electron chi connectivity index (χ2n) is 1.40. The van der Waals surface area contributed by atoms with Crippen LogP contribution >= 0.6 is 0 Å². The van der Waals surface area contributed by atoms with Gasteiger partial charge in [-0.1, -0.05) is 0 Å². The van der Waals surface area contributed by atoms with Crippen molar-refractivity contribution in [3.63, 3.8) is 0 Å². The van der Waals surface area contributed by atoms with Crippen LogP contribution in [0.15, 0.2) is 0 Å². The fourth-order valence-electron chi connectivity index (χ4n) is 0.0833. The molecule has 0 heterocycles. The second kappa shape index (κ2) is 8.08. The minimum Gasteiger partial charge on any atom is -0.394 e. The minimum atomic E-state index is -3.65. The van der Waals surface area contributed by atoms with Gasteiger partial charge in [0, 0.05) is 14.2 Å². The Bertz CT molecular complexity index is 69.0. The van der Waals surface area contributed by atoms with Crippen molar-refractivity contribution in [1.82, 2.24) is 0 Å². The topological polar surface area (TPSA) is 99.4 Å². The molecule has 0 radical (unpaired) electrons. The van der Waals surface area contributed by atoms with Crippen molar-refractivity contribution in [2.24, 2.45) is 0 Å². The molecule has 0 bridgehead atoms. The summed E-state index contributed by atoms with van der Waals surface area (Å²) in [6.45, 7) is -0.250. The van der Waals surface area contributed by atoms with E-state index in [4.69, 9.17) is 19.8 Å². The average Bonchev–Trinajstić information content (AvgIpc) is 2.05. The van der Waals surface area contributed by atoms with Crippen LogP contribution in [0.1, 0.15) is 0 Å². The summed E-state index contributed by atoms with van der Waals surface area (Å²) in [4.78, 5) is 16.8. The third kappa shape index (κ3) is 13.0. The summed E-state index contributed by atoms with van der Waals surface area (Å²) in [7, 11) is -1.30. The molecule has 4 N–H and O–H groups in total. The zero-order valence-electron chi connectivity index (χ0n) is 6.52. The van der Waals surface area contributed by atoms with Crippen molar-refractivity contribution >= 4 is 9.05 Å². The molecule has 6 nitrogen and oxygen atoms in total. The van der Waals surface area contributed by atoms with Gasteiger partial charge in [-0.2, -0.15) is 0 Å². The quantitative estimate of drug-likeness (QED) is 0.369. The van der Waals surface area contributed by atoms with Gasteiger partial charge in [0.15, 0.2) is 0 Å². The molecule has 0 saturated carbocycles. The van der Waals surface area contributed by atoms with Gasteiger partial charge < -0.3 is 28.7 Å². The van der Waals surface area contributed by atoms with E-state index in [1.165, 1.54) is 14.2 Å². The Morgan fingerprint density at radius 2 is 1.27 bits per heavy atom. The summed E-state index contributed by atoms with van der Waals surface area (Å²) in [6.07, 6.45) is 0. The molecule has 0 unspecified atom stereocenters. The number of aliphatic hydroxyl groups is 2. The van der Waals surface area contributed by atoms with Crippen LogP contribution in [0.2, 0.25) is 0 Å². The van der Waals surface area contributed by atoms with Gasteiger partial charge in [-0.15, -0.1) is 0 Å². The van der Waals surface area contributed by atoms with Gasteiger partial charge in [0.05, 0.1) is 13.2 Å². The lowest BCUT2D eigenvalue weighted by Crippen LogP contribution is -2.40. The first-order valence-electron chi connectivity index (χ1n) is 2.80. The molecule has 0 aliphatic carbocycles. The van der Waals surface area contributed by atoms with Crippen molar-refractivity contribution in [2.45, 2.75) is 0 Å². The molecule has 0 aromatic carbocycles. The second-order valence-corrected chi connectivity index (χ2v) is 3.32. The lowest BCUT2D eigenvalue weighted by Gasteiger charge is -2.08. The third-order valence-electron chi connectivity index (χ3n) is 0.632. The normalized spacial score (nSPS) is 10.4. The largest absolute Gasteiger partial charge is 0.673 e. The standard InChI is InChI=1S/C2H8O4Si.C2H6O2/c1-5-7(3,4)6-2;3-1-2-4/h3-4H,1-2H3;3-4H,1-2H2. The summed E-state index contributed by atoms with van der Waals surface area (Å²) in [5, 5.41) is 15.2. The molecule has 0 aliphatic rings. The van der Waals surface area contributed by atoms with Gasteiger partial charge in [0.1, 0.15) is 0 Å². The maximum Gasteiger partial charge on any atom is 0.673 e. The number of rotatable bonds is 3. The lowest BCUT2D eigenvalue weighted by atomic mass is 10.8. The highest BCUT2D eigenvalue weighted by Crippen LogP contribution is 1.89. The first kappa shape index (κ1) is 13.6. The monoisotopic (exact) mass is 186 g/mol. The smallest absolute Gasteiger partial charge is 0.394 e. The van der Waals surface area contributed by atoms with Crippen LogP contribution in [0.25, 0.3) is 0 Å². The van der Waals surface area contributed by atoms with Crippen LogP contribution in [0.3, 0.4) is 0 Å².